The number of hydrogen-bond acceptors (Lipinski definition) is 5. The number of hydrogen-bond donors (Lipinski definition) is 2. The predicted octanol–water partition coefficient (Wildman–Crippen LogP) is -0.577. The lowest BCUT2D eigenvalue weighted by molar-refractivity contribution is 0.316. The number of oxime groups is 1. The highest BCUT2D eigenvalue weighted by Crippen LogP contribution is 2.06. The highest BCUT2D eigenvalue weighted by molar-refractivity contribution is 7.90. The number of rotatable bonds is 4. The molecule has 0 saturated carbocycles. The minimum atomic E-state index is -3.22. The second-order valence-electron chi connectivity index (χ2n) is 3.05. The molecule has 15 heavy (non-hydrogen) atoms. The first kappa shape index (κ1) is 11.5. The first-order valence-electron chi connectivity index (χ1n) is 4.12. The summed E-state index contributed by atoms with van der Waals surface area (Å²) in [6, 6.07) is 0. The molecule has 0 radical (unpaired) electrons. The van der Waals surface area contributed by atoms with Crippen LogP contribution in [0.5, 0.6) is 0 Å². The Morgan fingerprint density at radius 3 is 2.87 bits per heavy atom. The standard InChI is InChI=1S/C7H12N4O3S/c1-15(13,14)6-4-9-11(5-6)3-2-7(8)10-12/h4-5,12H,2-3H2,1H3,(H2,8,10). The van der Waals surface area contributed by atoms with Crippen LogP contribution in [0.1, 0.15) is 6.42 Å². The predicted molar refractivity (Wildman–Crippen MR) is 53.4 cm³/mol. The Kier molecular flexibility index (Phi) is 3.30. The highest BCUT2D eigenvalue weighted by atomic mass is 32.2. The van der Waals surface area contributed by atoms with E-state index in [0.29, 0.717) is 13.0 Å². The van der Waals surface area contributed by atoms with E-state index in [2.05, 4.69) is 10.3 Å². The molecule has 3 N–H and O–H groups in total. The van der Waals surface area contributed by atoms with E-state index in [4.69, 9.17) is 10.9 Å². The molecule has 0 saturated heterocycles. The van der Waals surface area contributed by atoms with Gasteiger partial charge in [0.15, 0.2) is 9.84 Å². The summed E-state index contributed by atoms with van der Waals surface area (Å²) in [5.74, 6) is 0.0754. The van der Waals surface area contributed by atoms with Gasteiger partial charge in [0, 0.05) is 25.4 Å². The number of nitrogens with zero attached hydrogens (tertiary/aromatic N) is 3. The van der Waals surface area contributed by atoms with Gasteiger partial charge in [-0.2, -0.15) is 5.10 Å². The molecule has 0 fully saturated rings. The molecule has 0 spiro atoms. The van der Waals surface area contributed by atoms with Gasteiger partial charge in [0.2, 0.25) is 0 Å². The molecule has 84 valence electrons. The monoisotopic (exact) mass is 232 g/mol. The van der Waals surface area contributed by atoms with Gasteiger partial charge in [0.25, 0.3) is 0 Å². The van der Waals surface area contributed by atoms with Gasteiger partial charge in [0.05, 0.1) is 6.20 Å². The lowest BCUT2D eigenvalue weighted by atomic mass is 10.4. The Balaban J connectivity index is 2.70. The lowest BCUT2D eigenvalue weighted by Gasteiger charge is -1.98. The Morgan fingerprint density at radius 2 is 2.40 bits per heavy atom. The average molecular weight is 232 g/mol. The van der Waals surface area contributed by atoms with Crippen LogP contribution in [-0.2, 0) is 16.4 Å². The summed E-state index contributed by atoms with van der Waals surface area (Å²) < 4.78 is 23.6. The van der Waals surface area contributed by atoms with Crippen LogP contribution in [0, 0.1) is 0 Å². The third kappa shape index (κ3) is 3.24. The van der Waals surface area contributed by atoms with Gasteiger partial charge in [-0.15, -0.1) is 0 Å². The summed E-state index contributed by atoms with van der Waals surface area (Å²) in [6.45, 7) is 0.366. The molecule has 1 rings (SSSR count). The number of aryl methyl sites for hydroxylation is 1. The van der Waals surface area contributed by atoms with E-state index < -0.39 is 9.84 Å². The summed E-state index contributed by atoms with van der Waals surface area (Å²) in [7, 11) is -3.22. The van der Waals surface area contributed by atoms with Gasteiger partial charge in [-0.3, -0.25) is 4.68 Å². The summed E-state index contributed by atoms with van der Waals surface area (Å²) in [5.41, 5.74) is 5.25. The molecule has 0 aromatic carbocycles. The summed E-state index contributed by atoms with van der Waals surface area (Å²) >= 11 is 0. The van der Waals surface area contributed by atoms with E-state index in [1.54, 1.807) is 0 Å². The largest absolute Gasteiger partial charge is 0.409 e. The third-order valence-corrected chi connectivity index (χ3v) is 2.83. The van der Waals surface area contributed by atoms with E-state index in [1.807, 2.05) is 0 Å². The minimum absolute atomic E-state index is 0.0754. The molecular formula is C7H12N4O3S. The summed E-state index contributed by atoms with van der Waals surface area (Å²) in [6.07, 6.45) is 4.08. The van der Waals surface area contributed by atoms with Crippen molar-refractivity contribution < 1.29 is 13.6 Å². The van der Waals surface area contributed by atoms with Crippen LogP contribution in [0.2, 0.25) is 0 Å². The SMILES string of the molecule is CS(=O)(=O)c1cnn(CC/C(N)=N/O)c1. The van der Waals surface area contributed by atoms with Crippen LogP contribution < -0.4 is 5.73 Å². The van der Waals surface area contributed by atoms with Crippen molar-refractivity contribution in [3.63, 3.8) is 0 Å². The molecule has 1 aromatic rings. The van der Waals surface area contributed by atoms with Crippen LogP contribution in [0.3, 0.4) is 0 Å². The number of sulfone groups is 1. The normalized spacial score (nSPS) is 13.0. The molecule has 1 heterocycles. The van der Waals surface area contributed by atoms with E-state index in [1.165, 1.54) is 17.1 Å². The van der Waals surface area contributed by atoms with Crippen LogP contribution in [0.4, 0.5) is 0 Å². The van der Waals surface area contributed by atoms with Crippen molar-refractivity contribution >= 4 is 15.7 Å². The van der Waals surface area contributed by atoms with Crippen molar-refractivity contribution in [2.45, 2.75) is 17.9 Å². The molecule has 0 unspecified atom stereocenters. The first-order chi connectivity index (χ1) is 6.93. The Morgan fingerprint density at radius 1 is 1.73 bits per heavy atom. The molecule has 8 heteroatoms. The topological polar surface area (TPSA) is 111 Å². The van der Waals surface area contributed by atoms with Crippen molar-refractivity contribution in [3.8, 4) is 0 Å². The van der Waals surface area contributed by atoms with Crippen molar-refractivity contribution in [1.29, 1.82) is 0 Å². The first-order valence-corrected chi connectivity index (χ1v) is 6.01. The maximum atomic E-state index is 11.1. The van der Waals surface area contributed by atoms with E-state index >= 15 is 0 Å². The fraction of sp³-hybridized carbons (Fsp3) is 0.429. The van der Waals surface area contributed by atoms with Crippen LogP contribution in [0.25, 0.3) is 0 Å². The second-order valence-corrected chi connectivity index (χ2v) is 5.07. The van der Waals surface area contributed by atoms with Gasteiger partial charge in [0.1, 0.15) is 10.7 Å². The molecule has 1 aromatic heterocycles. The lowest BCUT2D eigenvalue weighted by Crippen LogP contribution is -2.14. The van der Waals surface area contributed by atoms with Crippen LogP contribution >= 0.6 is 0 Å². The van der Waals surface area contributed by atoms with Crippen LogP contribution in [-0.4, -0.2) is 35.5 Å². The zero-order valence-corrected chi connectivity index (χ0v) is 8.98. The zero-order valence-electron chi connectivity index (χ0n) is 8.16. The van der Waals surface area contributed by atoms with E-state index in [0.717, 1.165) is 6.26 Å². The average Bonchev–Trinajstić information content (AvgIpc) is 2.61. The maximum Gasteiger partial charge on any atom is 0.178 e. The van der Waals surface area contributed by atoms with Crippen molar-refractivity contribution in [1.82, 2.24) is 9.78 Å². The number of nitrogens with two attached hydrogens (primary N) is 1. The molecular weight excluding hydrogens is 220 g/mol. The van der Waals surface area contributed by atoms with Gasteiger partial charge < -0.3 is 10.9 Å². The maximum absolute atomic E-state index is 11.1. The van der Waals surface area contributed by atoms with E-state index in [9.17, 15) is 8.42 Å². The molecule has 0 aliphatic carbocycles. The van der Waals surface area contributed by atoms with Crippen LogP contribution in [0.15, 0.2) is 22.4 Å². The molecule has 7 nitrogen and oxygen atoms in total. The minimum Gasteiger partial charge on any atom is -0.409 e. The smallest absolute Gasteiger partial charge is 0.178 e. The molecule has 0 aliphatic rings. The van der Waals surface area contributed by atoms with Crippen molar-refractivity contribution in [2.75, 3.05) is 6.26 Å². The quantitative estimate of drug-likeness (QED) is 0.312. The van der Waals surface area contributed by atoms with E-state index in [-0.39, 0.29) is 10.7 Å². The van der Waals surface area contributed by atoms with Gasteiger partial charge >= 0.3 is 0 Å². The number of amidine groups is 1. The molecule has 0 bridgehead atoms. The van der Waals surface area contributed by atoms with Gasteiger partial charge in [-0.25, -0.2) is 8.42 Å². The third-order valence-electron chi connectivity index (χ3n) is 1.76. The molecule has 0 amide bonds. The highest BCUT2D eigenvalue weighted by Gasteiger charge is 2.09. The Hall–Kier alpha value is -1.57. The molecule has 0 atom stereocenters. The van der Waals surface area contributed by atoms with Crippen molar-refractivity contribution in [3.05, 3.63) is 12.4 Å². The second kappa shape index (κ2) is 4.30. The summed E-state index contributed by atoms with van der Waals surface area (Å²) in [5, 5.41) is 14.9. The summed E-state index contributed by atoms with van der Waals surface area (Å²) in [4.78, 5) is 0.155. The fourth-order valence-electron chi connectivity index (χ4n) is 0.937. The number of aromatic nitrogens is 2. The van der Waals surface area contributed by atoms with Gasteiger partial charge in [-0.05, 0) is 0 Å². The Bertz CT molecular complexity index is 462. The van der Waals surface area contributed by atoms with Gasteiger partial charge in [-0.1, -0.05) is 5.16 Å². The molecule has 0 aliphatic heterocycles. The zero-order chi connectivity index (χ0) is 11.5. The fourth-order valence-corrected chi connectivity index (χ4v) is 1.49. The van der Waals surface area contributed by atoms with Crippen molar-refractivity contribution in [2.24, 2.45) is 10.9 Å². The Labute approximate surface area is 87.1 Å².